The van der Waals surface area contributed by atoms with E-state index in [1.807, 2.05) is 0 Å². The Kier molecular flexibility index (Phi) is 10.1. The third-order valence-electron chi connectivity index (χ3n) is 11.6. The van der Waals surface area contributed by atoms with E-state index in [-0.39, 0.29) is 0 Å². The largest absolute Gasteiger partial charge is 0.0622 e. The summed E-state index contributed by atoms with van der Waals surface area (Å²) in [6.45, 7) is 0. The minimum atomic E-state index is 1.19. The molecule has 0 aliphatic carbocycles. The van der Waals surface area contributed by atoms with Crippen LogP contribution < -0.4 is 0 Å². The zero-order chi connectivity index (χ0) is 40.1. The molecule has 60 heavy (non-hydrogen) atoms. The second kappa shape index (κ2) is 16.6. The number of hydrogen-bond donors (Lipinski definition) is 0. The summed E-state index contributed by atoms with van der Waals surface area (Å²) in [6, 6.07) is 87.5. The van der Waals surface area contributed by atoms with Gasteiger partial charge in [-0.05, 0) is 112 Å². The van der Waals surface area contributed by atoms with Crippen LogP contribution in [0.2, 0.25) is 0 Å². The fourth-order valence-electron chi connectivity index (χ4n) is 8.52. The fourth-order valence-corrected chi connectivity index (χ4v) is 8.52. The van der Waals surface area contributed by atoms with E-state index in [1.165, 1.54) is 99.5 Å². The van der Waals surface area contributed by atoms with Gasteiger partial charge in [0.2, 0.25) is 0 Å². The standard InChI is InChI=1S/C60H42/c1-5-17-43(18-6-1)45-29-33-49(34-30-45)59(47-21-9-3-10-22-47)41-51-37-39-57(55-27-15-13-25-53(51)55)58-40-38-52(54-26-14-16-28-56(54)58)42-60(48-23-11-4-12-24-48)50-35-31-46(32-36-50)44-19-7-2-8-20-44/h1-42H. The van der Waals surface area contributed by atoms with E-state index in [0.717, 1.165) is 0 Å². The highest BCUT2D eigenvalue weighted by atomic mass is 14.2. The molecule has 10 rings (SSSR count). The molecule has 0 bridgehead atoms. The molecule has 0 nitrogen and oxygen atoms in total. The predicted octanol–water partition coefficient (Wildman–Crippen LogP) is 16.2. The van der Waals surface area contributed by atoms with Crippen LogP contribution in [0, 0.1) is 0 Å². The maximum absolute atomic E-state index is 2.36. The van der Waals surface area contributed by atoms with Gasteiger partial charge in [-0.15, -0.1) is 0 Å². The van der Waals surface area contributed by atoms with Crippen LogP contribution >= 0.6 is 0 Å². The van der Waals surface area contributed by atoms with Crippen molar-refractivity contribution in [1.29, 1.82) is 0 Å². The Labute approximate surface area is 352 Å². The Bertz CT molecular complexity index is 2900. The zero-order valence-corrected chi connectivity index (χ0v) is 33.2. The molecule has 0 unspecified atom stereocenters. The van der Waals surface area contributed by atoms with Crippen LogP contribution in [0.15, 0.2) is 243 Å². The van der Waals surface area contributed by atoms with Crippen molar-refractivity contribution in [2.75, 3.05) is 0 Å². The van der Waals surface area contributed by atoms with Gasteiger partial charge in [0.25, 0.3) is 0 Å². The molecule has 0 N–H and O–H groups in total. The molecule has 0 spiro atoms. The molecule has 10 aromatic rings. The minimum Gasteiger partial charge on any atom is -0.0622 e. The Morgan fingerprint density at radius 3 is 0.867 bits per heavy atom. The van der Waals surface area contributed by atoms with E-state index in [1.54, 1.807) is 0 Å². The fraction of sp³-hybridized carbons (Fsp3) is 0. The molecule has 0 saturated carbocycles. The van der Waals surface area contributed by atoms with Crippen molar-refractivity contribution in [2.45, 2.75) is 0 Å². The molecule has 0 saturated heterocycles. The first kappa shape index (κ1) is 36.5. The third-order valence-corrected chi connectivity index (χ3v) is 11.6. The second-order valence-electron chi connectivity index (χ2n) is 15.2. The highest BCUT2D eigenvalue weighted by molar-refractivity contribution is 6.11. The van der Waals surface area contributed by atoms with Crippen LogP contribution in [0.4, 0.5) is 0 Å². The lowest BCUT2D eigenvalue weighted by Crippen LogP contribution is -1.92. The summed E-state index contributed by atoms with van der Waals surface area (Å²) in [5.74, 6) is 0. The van der Waals surface area contributed by atoms with Crippen molar-refractivity contribution in [3.05, 3.63) is 276 Å². The summed E-state index contributed by atoms with van der Waals surface area (Å²) in [4.78, 5) is 0. The van der Waals surface area contributed by atoms with Gasteiger partial charge < -0.3 is 0 Å². The summed E-state index contributed by atoms with van der Waals surface area (Å²) in [7, 11) is 0. The minimum absolute atomic E-state index is 1.19. The van der Waals surface area contributed by atoms with Crippen molar-refractivity contribution in [1.82, 2.24) is 0 Å². The molecule has 0 aliphatic rings. The Hall–Kier alpha value is -7.80. The van der Waals surface area contributed by atoms with Gasteiger partial charge in [0.1, 0.15) is 0 Å². The summed E-state index contributed by atoms with van der Waals surface area (Å²) < 4.78 is 0. The first-order valence-electron chi connectivity index (χ1n) is 20.7. The van der Waals surface area contributed by atoms with Crippen molar-refractivity contribution in [2.24, 2.45) is 0 Å². The summed E-state index contributed by atoms with van der Waals surface area (Å²) in [5, 5.41) is 4.91. The Morgan fingerprint density at radius 1 is 0.217 bits per heavy atom. The first-order chi connectivity index (χ1) is 29.8. The molecule has 0 aliphatic heterocycles. The third kappa shape index (κ3) is 7.39. The SMILES string of the molecule is C(=C(c1ccccc1)c1ccc(-c2ccccc2)cc1)c1ccc(-c2ccc(C=C(c3ccccc3)c3ccc(-c4ccccc4)cc3)c3ccccc23)c2ccccc12. The highest BCUT2D eigenvalue weighted by Gasteiger charge is 2.15. The lowest BCUT2D eigenvalue weighted by atomic mass is 9.88. The summed E-state index contributed by atoms with van der Waals surface area (Å²) in [5.41, 5.74) is 16.8. The molecule has 282 valence electrons. The molecule has 0 atom stereocenters. The molecular weight excluding hydrogens is 721 g/mol. The van der Waals surface area contributed by atoms with Gasteiger partial charge in [0.05, 0.1) is 0 Å². The van der Waals surface area contributed by atoms with Crippen molar-refractivity contribution >= 4 is 44.8 Å². The molecule has 10 aromatic carbocycles. The molecule has 0 fully saturated rings. The zero-order valence-electron chi connectivity index (χ0n) is 33.2. The number of benzene rings is 10. The van der Waals surface area contributed by atoms with E-state index in [9.17, 15) is 0 Å². The van der Waals surface area contributed by atoms with Crippen LogP contribution in [-0.2, 0) is 0 Å². The smallest absolute Gasteiger partial charge is 0.00987 e. The van der Waals surface area contributed by atoms with E-state index in [4.69, 9.17) is 0 Å². The predicted molar refractivity (Wildman–Crippen MR) is 257 cm³/mol. The lowest BCUT2D eigenvalue weighted by Gasteiger charge is -2.16. The maximum Gasteiger partial charge on any atom is -0.00987 e. The van der Waals surface area contributed by atoms with E-state index in [0.29, 0.717) is 0 Å². The van der Waals surface area contributed by atoms with Gasteiger partial charge in [-0.1, -0.05) is 243 Å². The van der Waals surface area contributed by atoms with Crippen LogP contribution in [-0.4, -0.2) is 0 Å². The number of rotatable bonds is 9. The van der Waals surface area contributed by atoms with Crippen molar-refractivity contribution < 1.29 is 0 Å². The van der Waals surface area contributed by atoms with Crippen molar-refractivity contribution in [3.63, 3.8) is 0 Å². The topological polar surface area (TPSA) is 0 Å². The quantitative estimate of drug-likeness (QED) is 0.129. The van der Waals surface area contributed by atoms with Crippen LogP contribution in [0.5, 0.6) is 0 Å². The molecule has 0 heteroatoms. The summed E-state index contributed by atoms with van der Waals surface area (Å²) in [6.07, 6.45) is 4.73. The monoisotopic (exact) mass is 762 g/mol. The van der Waals surface area contributed by atoms with E-state index < -0.39 is 0 Å². The Balaban J connectivity index is 1.07. The number of hydrogen-bond acceptors (Lipinski definition) is 0. The van der Waals surface area contributed by atoms with E-state index >= 15 is 0 Å². The normalized spacial score (nSPS) is 11.9. The summed E-state index contributed by atoms with van der Waals surface area (Å²) >= 11 is 0. The Morgan fingerprint density at radius 2 is 0.500 bits per heavy atom. The molecular formula is C60H42. The lowest BCUT2D eigenvalue weighted by molar-refractivity contribution is 1.54. The van der Waals surface area contributed by atoms with Gasteiger partial charge in [-0.2, -0.15) is 0 Å². The number of fused-ring (bicyclic) bond motifs is 2. The second-order valence-corrected chi connectivity index (χ2v) is 15.2. The van der Waals surface area contributed by atoms with Gasteiger partial charge in [0.15, 0.2) is 0 Å². The molecule has 0 heterocycles. The van der Waals surface area contributed by atoms with Gasteiger partial charge in [-0.25, -0.2) is 0 Å². The molecule has 0 radical (unpaired) electrons. The van der Waals surface area contributed by atoms with Crippen molar-refractivity contribution in [3.8, 4) is 33.4 Å². The first-order valence-corrected chi connectivity index (χ1v) is 20.7. The average Bonchev–Trinajstić information content (AvgIpc) is 3.34. The van der Waals surface area contributed by atoms with E-state index in [2.05, 4.69) is 255 Å². The average molecular weight is 763 g/mol. The molecule has 0 amide bonds. The van der Waals surface area contributed by atoms with Gasteiger partial charge in [-0.3, -0.25) is 0 Å². The highest BCUT2D eigenvalue weighted by Crippen LogP contribution is 2.40. The van der Waals surface area contributed by atoms with Gasteiger partial charge in [0, 0.05) is 0 Å². The maximum atomic E-state index is 2.36. The molecule has 0 aromatic heterocycles. The van der Waals surface area contributed by atoms with Crippen LogP contribution in [0.25, 0.3) is 78.2 Å². The van der Waals surface area contributed by atoms with Gasteiger partial charge >= 0.3 is 0 Å². The van der Waals surface area contributed by atoms with Crippen LogP contribution in [0.1, 0.15) is 33.4 Å². The van der Waals surface area contributed by atoms with Crippen LogP contribution in [0.3, 0.4) is 0 Å².